The number of hydrogen-bond donors (Lipinski definition) is 0. The van der Waals surface area contributed by atoms with Crippen molar-refractivity contribution in [3.63, 3.8) is 0 Å². The van der Waals surface area contributed by atoms with Crippen molar-refractivity contribution in [2.75, 3.05) is 18.5 Å². The van der Waals surface area contributed by atoms with Crippen molar-refractivity contribution in [2.45, 2.75) is 18.4 Å². The van der Waals surface area contributed by atoms with Gasteiger partial charge < -0.3 is 9.47 Å². The Hall–Kier alpha value is -4.22. The van der Waals surface area contributed by atoms with Crippen LogP contribution in [0.2, 0.25) is 0 Å². The van der Waals surface area contributed by atoms with Crippen LogP contribution in [0.4, 0.5) is 5.95 Å². The smallest absolute Gasteiger partial charge is 0.266 e. The highest BCUT2D eigenvalue weighted by atomic mass is 79.9. The highest BCUT2D eigenvalue weighted by Crippen LogP contribution is 2.32. The Kier molecular flexibility index (Phi) is 7.59. The van der Waals surface area contributed by atoms with Gasteiger partial charge in [0.1, 0.15) is 11.5 Å². The zero-order valence-electron chi connectivity index (χ0n) is 21.9. The van der Waals surface area contributed by atoms with Gasteiger partial charge in [0.25, 0.3) is 15.6 Å². The van der Waals surface area contributed by atoms with Gasteiger partial charge in [-0.05, 0) is 72.6 Å². The van der Waals surface area contributed by atoms with Crippen molar-refractivity contribution < 1.29 is 17.9 Å². The first kappa shape index (κ1) is 27.4. The molecule has 0 aliphatic heterocycles. The molecule has 2 aromatic heterocycles. The van der Waals surface area contributed by atoms with E-state index in [2.05, 4.69) is 25.9 Å². The number of aromatic nitrogens is 3. The molecule has 0 aliphatic rings. The van der Waals surface area contributed by atoms with Gasteiger partial charge in [-0.15, -0.1) is 0 Å². The van der Waals surface area contributed by atoms with Gasteiger partial charge in [0.2, 0.25) is 5.95 Å². The predicted molar refractivity (Wildman–Crippen MR) is 157 cm³/mol. The number of halogens is 1. The minimum Gasteiger partial charge on any atom is -0.497 e. The lowest BCUT2D eigenvalue weighted by Crippen LogP contribution is -2.32. The molecule has 0 atom stereocenters. The monoisotopic (exact) mass is 620 g/mol. The molecule has 0 unspecified atom stereocenters. The Morgan fingerprint density at radius 2 is 1.65 bits per heavy atom. The molecule has 204 valence electrons. The van der Waals surface area contributed by atoms with Crippen LogP contribution >= 0.6 is 15.9 Å². The molecule has 0 N–H and O–H groups in total. The van der Waals surface area contributed by atoms with Crippen LogP contribution in [0.15, 0.2) is 99.4 Å². The normalized spacial score (nSPS) is 11.4. The van der Waals surface area contributed by atoms with E-state index in [-0.39, 0.29) is 22.9 Å². The Morgan fingerprint density at radius 3 is 2.33 bits per heavy atom. The zero-order valence-corrected chi connectivity index (χ0v) is 24.3. The maximum Gasteiger partial charge on any atom is 0.266 e. The van der Waals surface area contributed by atoms with Gasteiger partial charge in [-0.2, -0.15) is 0 Å². The van der Waals surface area contributed by atoms with Crippen molar-refractivity contribution in [1.82, 2.24) is 14.5 Å². The number of pyridine rings is 1. The molecule has 0 amide bonds. The third-order valence-electron chi connectivity index (χ3n) is 6.42. The van der Waals surface area contributed by atoms with Gasteiger partial charge >= 0.3 is 0 Å². The Bertz CT molecular complexity index is 1860. The number of ether oxygens (including phenoxy) is 2. The van der Waals surface area contributed by atoms with E-state index in [0.29, 0.717) is 28.1 Å². The summed E-state index contributed by atoms with van der Waals surface area (Å²) in [6.07, 6.45) is 2.98. The molecule has 2 heterocycles. The van der Waals surface area contributed by atoms with E-state index in [4.69, 9.17) is 9.47 Å². The van der Waals surface area contributed by atoms with Gasteiger partial charge in [-0.25, -0.2) is 22.7 Å². The number of methoxy groups -OCH3 is 2. The molecule has 0 spiro atoms. The molecular formula is C29H25BrN4O5S. The molecule has 40 heavy (non-hydrogen) atoms. The second-order valence-corrected chi connectivity index (χ2v) is 11.6. The Labute approximate surface area is 239 Å². The molecule has 0 fully saturated rings. The summed E-state index contributed by atoms with van der Waals surface area (Å²) in [5.74, 6) is 1.20. The van der Waals surface area contributed by atoms with E-state index >= 15 is 0 Å². The Morgan fingerprint density at radius 1 is 0.925 bits per heavy atom. The van der Waals surface area contributed by atoms with Crippen LogP contribution in [0.5, 0.6) is 11.5 Å². The summed E-state index contributed by atoms with van der Waals surface area (Å²) in [6.45, 7) is 1.92. The van der Waals surface area contributed by atoms with Crippen molar-refractivity contribution >= 4 is 42.8 Å². The maximum atomic E-state index is 14.0. The molecule has 0 bridgehead atoms. The van der Waals surface area contributed by atoms with Crippen LogP contribution in [0, 0.1) is 6.92 Å². The highest BCUT2D eigenvalue weighted by molar-refractivity contribution is 9.10. The number of benzene rings is 3. The van der Waals surface area contributed by atoms with E-state index in [1.807, 2.05) is 13.0 Å². The fourth-order valence-electron chi connectivity index (χ4n) is 4.33. The van der Waals surface area contributed by atoms with Crippen molar-refractivity contribution in [2.24, 2.45) is 0 Å². The van der Waals surface area contributed by atoms with Gasteiger partial charge in [0, 0.05) is 28.3 Å². The standard InChI is InChI=1S/C29H25BrN4O5S/c1-19-15-26(27(39-3)17-24(19)30)34-25-11-10-23(16-21(25)7-12-28(34)35)40(36,37)33(29-31-13-4-14-32-29)18-20-5-8-22(38-2)9-6-20/h4-17H,18H2,1-3H3. The predicted octanol–water partition coefficient (Wildman–Crippen LogP) is 5.26. The first-order valence-corrected chi connectivity index (χ1v) is 14.4. The molecule has 9 nitrogen and oxygen atoms in total. The topological polar surface area (TPSA) is 104 Å². The molecule has 0 aliphatic carbocycles. The molecule has 5 rings (SSSR count). The first-order valence-electron chi connectivity index (χ1n) is 12.2. The van der Waals surface area contributed by atoms with E-state index in [1.165, 1.54) is 36.2 Å². The molecule has 3 aromatic carbocycles. The average molecular weight is 622 g/mol. The van der Waals surface area contributed by atoms with E-state index in [9.17, 15) is 13.2 Å². The van der Waals surface area contributed by atoms with Crippen molar-refractivity contribution in [3.8, 4) is 17.2 Å². The van der Waals surface area contributed by atoms with E-state index in [0.717, 1.165) is 19.9 Å². The Balaban J connectivity index is 1.63. The fraction of sp³-hybridized carbons (Fsp3) is 0.138. The molecular weight excluding hydrogens is 596 g/mol. The van der Waals surface area contributed by atoms with Crippen LogP contribution in [-0.4, -0.2) is 37.2 Å². The van der Waals surface area contributed by atoms with Crippen LogP contribution < -0.4 is 19.3 Å². The van der Waals surface area contributed by atoms with Crippen molar-refractivity contribution in [1.29, 1.82) is 0 Å². The van der Waals surface area contributed by atoms with Crippen LogP contribution in [0.25, 0.3) is 16.6 Å². The largest absolute Gasteiger partial charge is 0.497 e. The quantitative estimate of drug-likeness (QED) is 0.233. The summed E-state index contributed by atoms with van der Waals surface area (Å²) in [7, 11) is -1.01. The average Bonchev–Trinajstić information content (AvgIpc) is 2.97. The number of sulfonamides is 1. The number of aryl methyl sites for hydroxylation is 1. The third-order valence-corrected chi connectivity index (χ3v) is 8.99. The lowest BCUT2D eigenvalue weighted by atomic mass is 10.1. The first-order chi connectivity index (χ1) is 19.2. The number of nitrogens with zero attached hydrogens (tertiary/aromatic N) is 4. The number of rotatable bonds is 8. The van der Waals surface area contributed by atoms with E-state index in [1.54, 1.807) is 61.7 Å². The van der Waals surface area contributed by atoms with Crippen LogP contribution in [0.1, 0.15) is 11.1 Å². The fourth-order valence-corrected chi connectivity index (χ4v) is 6.05. The van der Waals surface area contributed by atoms with E-state index < -0.39 is 10.0 Å². The van der Waals surface area contributed by atoms with Crippen LogP contribution in [0.3, 0.4) is 0 Å². The summed E-state index contributed by atoms with van der Waals surface area (Å²) in [6, 6.07) is 20.0. The molecule has 11 heteroatoms. The lowest BCUT2D eigenvalue weighted by Gasteiger charge is -2.23. The molecule has 0 saturated carbocycles. The maximum absolute atomic E-state index is 14.0. The van der Waals surface area contributed by atoms with Gasteiger partial charge in [-0.1, -0.05) is 28.1 Å². The van der Waals surface area contributed by atoms with Crippen LogP contribution in [-0.2, 0) is 16.6 Å². The number of hydrogen-bond acceptors (Lipinski definition) is 7. The SMILES string of the molecule is COc1ccc(CN(c2ncccn2)S(=O)(=O)c2ccc3c(ccc(=O)n3-c3cc(C)c(Br)cc3OC)c2)cc1. The number of fused-ring (bicyclic) bond motifs is 1. The second kappa shape index (κ2) is 11.1. The third kappa shape index (κ3) is 5.17. The summed E-state index contributed by atoms with van der Waals surface area (Å²) >= 11 is 3.50. The molecule has 0 radical (unpaired) electrons. The summed E-state index contributed by atoms with van der Waals surface area (Å²) in [5, 5.41) is 0.557. The summed E-state index contributed by atoms with van der Waals surface area (Å²) < 4.78 is 42.4. The van der Waals surface area contributed by atoms with Gasteiger partial charge in [0.05, 0.1) is 36.9 Å². The van der Waals surface area contributed by atoms with Gasteiger partial charge in [-0.3, -0.25) is 9.36 Å². The minimum absolute atomic E-state index is 0.00322. The zero-order chi connectivity index (χ0) is 28.4. The minimum atomic E-state index is -4.11. The molecule has 0 saturated heterocycles. The highest BCUT2D eigenvalue weighted by Gasteiger charge is 2.28. The number of anilines is 1. The van der Waals surface area contributed by atoms with Gasteiger partial charge in [0.15, 0.2) is 0 Å². The molecule has 5 aromatic rings. The second-order valence-electron chi connectivity index (χ2n) is 8.91. The van der Waals surface area contributed by atoms with Crippen molar-refractivity contribution in [3.05, 3.63) is 111 Å². The summed E-state index contributed by atoms with van der Waals surface area (Å²) in [4.78, 5) is 21.5. The lowest BCUT2D eigenvalue weighted by molar-refractivity contribution is 0.412. The summed E-state index contributed by atoms with van der Waals surface area (Å²) in [5.41, 5.74) is 2.44.